The molecule has 1 N–H and O–H groups in total. The van der Waals surface area contributed by atoms with Gasteiger partial charge in [-0.25, -0.2) is 4.79 Å². The van der Waals surface area contributed by atoms with Crippen molar-refractivity contribution in [1.82, 2.24) is 20.4 Å². The molecule has 3 rings (SSSR count). The van der Waals surface area contributed by atoms with E-state index in [0.717, 1.165) is 24.2 Å². The summed E-state index contributed by atoms with van der Waals surface area (Å²) in [7, 11) is 1.62. The van der Waals surface area contributed by atoms with Crippen LogP contribution in [0.15, 0.2) is 28.8 Å². The Kier molecular flexibility index (Phi) is 4.45. The van der Waals surface area contributed by atoms with Gasteiger partial charge in [0.2, 0.25) is 11.7 Å². The molecule has 0 unspecified atom stereocenters. The molecule has 1 atom stereocenters. The molecular weight excluding hydrogens is 296 g/mol. The zero-order valence-electron chi connectivity index (χ0n) is 13.3. The van der Waals surface area contributed by atoms with Crippen LogP contribution in [0.3, 0.4) is 0 Å². The number of methoxy groups -OCH3 is 1. The number of ether oxygens (including phenoxy) is 1. The first kappa shape index (κ1) is 15.3. The lowest BCUT2D eigenvalue weighted by atomic mass is 10.2. The van der Waals surface area contributed by atoms with Crippen molar-refractivity contribution in [2.24, 2.45) is 0 Å². The molecule has 1 aliphatic rings. The van der Waals surface area contributed by atoms with Crippen LogP contribution in [0, 0.1) is 0 Å². The number of amides is 2. The van der Waals surface area contributed by atoms with Gasteiger partial charge in [-0.3, -0.25) is 0 Å². The van der Waals surface area contributed by atoms with Gasteiger partial charge in [-0.1, -0.05) is 5.16 Å². The lowest BCUT2D eigenvalue weighted by Crippen LogP contribution is -2.39. The molecule has 1 aromatic carbocycles. The van der Waals surface area contributed by atoms with Crippen molar-refractivity contribution in [3.8, 4) is 17.1 Å². The normalized spacial score (nSPS) is 17.3. The smallest absolute Gasteiger partial charge is 0.318 e. The van der Waals surface area contributed by atoms with Crippen LogP contribution in [0.4, 0.5) is 4.79 Å². The third kappa shape index (κ3) is 3.13. The zero-order chi connectivity index (χ0) is 16.2. The van der Waals surface area contributed by atoms with E-state index in [1.54, 1.807) is 12.0 Å². The van der Waals surface area contributed by atoms with E-state index in [1.165, 1.54) is 0 Å². The first-order valence-electron chi connectivity index (χ1n) is 7.75. The summed E-state index contributed by atoms with van der Waals surface area (Å²) in [5.74, 6) is 1.78. The number of benzene rings is 1. The number of aromatic nitrogens is 2. The molecule has 1 saturated heterocycles. The van der Waals surface area contributed by atoms with Crippen LogP contribution in [0.1, 0.15) is 31.7 Å². The zero-order valence-corrected chi connectivity index (χ0v) is 13.3. The van der Waals surface area contributed by atoms with E-state index in [1.807, 2.05) is 31.2 Å². The van der Waals surface area contributed by atoms with Gasteiger partial charge < -0.3 is 19.5 Å². The summed E-state index contributed by atoms with van der Waals surface area (Å²) in [5, 5.41) is 6.86. The van der Waals surface area contributed by atoms with Crippen LogP contribution in [0.2, 0.25) is 0 Å². The van der Waals surface area contributed by atoms with Crippen LogP contribution in [0.25, 0.3) is 11.4 Å². The largest absolute Gasteiger partial charge is 0.497 e. The lowest BCUT2D eigenvalue weighted by molar-refractivity contribution is 0.181. The third-order valence-corrected chi connectivity index (χ3v) is 3.92. The van der Waals surface area contributed by atoms with Gasteiger partial charge >= 0.3 is 6.03 Å². The Morgan fingerprint density at radius 2 is 2.22 bits per heavy atom. The topological polar surface area (TPSA) is 80.5 Å². The molecule has 7 heteroatoms. The number of likely N-dealkylation sites (tertiary alicyclic amines) is 1. The van der Waals surface area contributed by atoms with Crippen molar-refractivity contribution in [3.05, 3.63) is 30.2 Å². The number of urea groups is 1. The first-order valence-corrected chi connectivity index (χ1v) is 7.75. The van der Waals surface area contributed by atoms with E-state index < -0.39 is 0 Å². The second kappa shape index (κ2) is 6.68. The summed E-state index contributed by atoms with van der Waals surface area (Å²) >= 11 is 0. The molecule has 1 aromatic heterocycles. The van der Waals surface area contributed by atoms with Crippen LogP contribution < -0.4 is 10.1 Å². The highest BCUT2D eigenvalue weighted by atomic mass is 16.5. The quantitative estimate of drug-likeness (QED) is 0.938. The minimum atomic E-state index is -0.152. The van der Waals surface area contributed by atoms with Crippen LogP contribution >= 0.6 is 0 Å². The molecule has 122 valence electrons. The molecule has 0 aliphatic carbocycles. The summed E-state index contributed by atoms with van der Waals surface area (Å²) in [5.41, 5.74) is 0.850. The van der Waals surface area contributed by atoms with Crippen molar-refractivity contribution < 1.29 is 14.1 Å². The fourth-order valence-corrected chi connectivity index (χ4v) is 2.75. The van der Waals surface area contributed by atoms with E-state index in [-0.39, 0.29) is 12.1 Å². The molecule has 2 heterocycles. The van der Waals surface area contributed by atoms with Gasteiger partial charge in [-0.2, -0.15) is 4.98 Å². The van der Waals surface area contributed by atoms with Gasteiger partial charge in [0.15, 0.2) is 0 Å². The van der Waals surface area contributed by atoms with Gasteiger partial charge in [0.25, 0.3) is 0 Å². The molecule has 23 heavy (non-hydrogen) atoms. The number of carbonyl (C=O) groups excluding carboxylic acids is 1. The summed E-state index contributed by atoms with van der Waals surface area (Å²) in [6.07, 6.45) is 1.77. The van der Waals surface area contributed by atoms with Gasteiger partial charge in [0.05, 0.1) is 7.11 Å². The molecule has 0 spiro atoms. The summed E-state index contributed by atoms with van der Waals surface area (Å²) < 4.78 is 10.5. The molecule has 1 aliphatic heterocycles. The van der Waals surface area contributed by atoms with Gasteiger partial charge in [-0.15, -0.1) is 0 Å². The van der Waals surface area contributed by atoms with E-state index >= 15 is 0 Å². The lowest BCUT2D eigenvalue weighted by Gasteiger charge is -2.21. The highest BCUT2D eigenvalue weighted by molar-refractivity contribution is 5.74. The van der Waals surface area contributed by atoms with E-state index in [9.17, 15) is 4.79 Å². The second-order valence-corrected chi connectivity index (χ2v) is 5.37. The first-order chi connectivity index (χ1) is 11.2. The van der Waals surface area contributed by atoms with Crippen LogP contribution in [0.5, 0.6) is 5.75 Å². The standard InChI is InChI=1S/C16H20N4O3/c1-3-17-16(21)20-10-4-5-13(20)15-18-14(19-23-15)11-6-8-12(22-2)9-7-11/h6-9,13H,3-5,10H2,1-2H3,(H,17,21)/t13-/m1/s1. The monoisotopic (exact) mass is 316 g/mol. The SMILES string of the molecule is CCNC(=O)N1CCC[C@@H]1c1nc(-c2ccc(OC)cc2)no1. The molecule has 2 aromatic rings. The number of carbonyl (C=O) groups is 1. The maximum absolute atomic E-state index is 12.1. The minimum Gasteiger partial charge on any atom is -0.497 e. The molecule has 0 radical (unpaired) electrons. The minimum absolute atomic E-state index is 0.0841. The number of rotatable bonds is 4. The van der Waals surface area contributed by atoms with Crippen LogP contribution in [-0.2, 0) is 0 Å². The van der Waals surface area contributed by atoms with Crippen molar-refractivity contribution in [2.45, 2.75) is 25.8 Å². The fraction of sp³-hybridized carbons (Fsp3) is 0.438. The number of nitrogens with one attached hydrogen (secondary N) is 1. The van der Waals surface area contributed by atoms with Gasteiger partial charge in [0.1, 0.15) is 11.8 Å². The van der Waals surface area contributed by atoms with E-state index in [0.29, 0.717) is 24.8 Å². The fourth-order valence-electron chi connectivity index (χ4n) is 2.75. The van der Waals surface area contributed by atoms with E-state index in [4.69, 9.17) is 9.26 Å². The highest BCUT2D eigenvalue weighted by Gasteiger charge is 2.33. The Balaban J connectivity index is 1.79. The molecule has 7 nitrogen and oxygen atoms in total. The Morgan fingerprint density at radius 1 is 1.43 bits per heavy atom. The Bertz CT molecular complexity index is 668. The average molecular weight is 316 g/mol. The third-order valence-electron chi connectivity index (χ3n) is 3.92. The number of hydrogen-bond acceptors (Lipinski definition) is 5. The Labute approximate surface area is 134 Å². The van der Waals surface area contributed by atoms with E-state index in [2.05, 4.69) is 15.5 Å². The highest BCUT2D eigenvalue weighted by Crippen LogP contribution is 2.32. The summed E-state index contributed by atoms with van der Waals surface area (Å²) in [6.45, 7) is 3.21. The van der Waals surface area contributed by atoms with Crippen molar-refractivity contribution in [1.29, 1.82) is 0 Å². The summed E-state index contributed by atoms with van der Waals surface area (Å²) in [4.78, 5) is 18.3. The molecule has 0 saturated carbocycles. The predicted molar refractivity (Wildman–Crippen MR) is 84.0 cm³/mol. The van der Waals surface area contributed by atoms with Crippen LogP contribution in [-0.4, -0.2) is 41.3 Å². The number of hydrogen-bond donors (Lipinski definition) is 1. The maximum Gasteiger partial charge on any atom is 0.318 e. The Morgan fingerprint density at radius 3 is 2.91 bits per heavy atom. The molecule has 1 fully saturated rings. The Hall–Kier alpha value is -2.57. The maximum atomic E-state index is 12.1. The van der Waals surface area contributed by atoms with Crippen molar-refractivity contribution >= 4 is 6.03 Å². The predicted octanol–water partition coefficient (Wildman–Crippen LogP) is 2.61. The molecule has 0 bridgehead atoms. The molecule has 2 amide bonds. The average Bonchev–Trinajstić information content (AvgIpc) is 3.24. The van der Waals surface area contributed by atoms with Gasteiger partial charge in [0, 0.05) is 18.7 Å². The van der Waals surface area contributed by atoms with Gasteiger partial charge in [-0.05, 0) is 44.0 Å². The number of nitrogens with zero attached hydrogens (tertiary/aromatic N) is 3. The van der Waals surface area contributed by atoms with Crippen molar-refractivity contribution in [2.75, 3.05) is 20.2 Å². The molecular formula is C16H20N4O3. The summed E-state index contributed by atoms with van der Waals surface area (Å²) in [6, 6.07) is 7.22. The van der Waals surface area contributed by atoms with Crippen molar-refractivity contribution in [3.63, 3.8) is 0 Å². The second-order valence-electron chi connectivity index (χ2n) is 5.37.